The Balaban J connectivity index is 1.44. The van der Waals surface area contributed by atoms with E-state index in [4.69, 9.17) is 4.99 Å². The van der Waals surface area contributed by atoms with Crippen LogP contribution in [0.2, 0.25) is 0 Å². The molecule has 4 rings (SSSR count). The van der Waals surface area contributed by atoms with Crippen molar-refractivity contribution in [2.45, 2.75) is 57.0 Å². The van der Waals surface area contributed by atoms with Gasteiger partial charge in [0, 0.05) is 44.3 Å². The summed E-state index contributed by atoms with van der Waals surface area (Å²) in [6, 6.07) is 0.674. The van der Waals surface area contributed by atoms with E-state index in [0.717, 1.165) is 45.2 Å². The maximum atomic E-state index is 5.29. The molecule has 0 aromatic heterocycles. The Labute approximate surface area is 178 Å². The van der Waals surface area contributed by atoms with Gasteiger partial charge >= 0.3 is 0 Å². The summed E-state index contributed by atoms with van der Waals surface area (Å²) >= 11 is 0. The predicted octanol–water partition coefficient (Wildman–Crippen LogP) is 1.85. The van der Waals surface area contributed by atoms with Gasteiger partial charge in [0.2, 0.25) is 0 Å². The minimum atomic E-state index is 0.269. The Morgan fingerprint density at radius 2 is 1.76 bits per heavy atom. The number of nitrogens with one attached hydrogen (secondary N) is 1. The molecule has 0 radical (unpaired) electrons. The maximum absolute atomic E-state index is 5.29. The molecule has 3 saturated heterocycles. The fraction of sp³-hybridized carbons (Fsp3) is 0.870. The third-order valence-electron chi connectivity index (χ3n) is 7.63. The van der Waals surface area contributed by atoms with E-state index in [9.17, 15) is 0 Å². The lowest BCUT2D eigenvalue weighted by molar-refractivity contribution is 0.0206. The number of hydrogen-bond acceptors (Lipinski definition) is 4. The monoisotopic (exact) mass is 402 g/mol. The number of likely N-dealkylation sites (tertiary alicyclic amines) is 3. The molecule has 0 bridgehead atoms. The second-order valence-corrected chi connectivity index (χ2v) is 9.56. The van der Waals surface area contributed by atoms with E-state index in [2.05, 4.69) is 51.0 Å². The average Bonchev–Trinajstić information content (AvgIpc) is 3.45. The van der Waals surface area contributed by atoms with Crippen molar-refractivity contribution in [3.8, 4) is 0 Å². The van der Waals surface area contributed by atoms with Crippen LogP contribution in [0.3, 0.4) is 0 Å². The number of guanidine groups is 1. The van der Waals surface area contributed by atoms with Crippen molar-refractivity contribution >= 4 is 5.96 Å². The quantitative estimate of drug-likeness (QED) is 0.432. The molecule has 0 spiro atoms. The number of piperidine rings is 2. The third kappa shape index (κ3) is 4.97. The Morgan fingerprint density at radius 1 is 1.03 bits per heavy atom. The topological polar surface area (TPSA) is 37.4 Å². The largest absolute Gasteiger partial charge is 0.357 e. The summed E-state index contributed by atoms with van der Waals surface area (Å²) < 4.78 is 0. The predicted molar refractivity (Wildman–Crippen MR) is 122 cm³/mol. The van der Waals surface area contributed by atoms with Gasteiger partial charge < -0.3 is 15.1 Å². The van der Waals surface area contributed by atoms with E-state index in [1.54, 1.807) is 0 Å². The number of rotatable bonds is 5. The zero-order valence-electron chi connectivity index (χ0n) is 18.8. The van der Waals surface area contributed by atoms with E-state index in [1.165, 1.54) is 64.7 Å². The fourth-order valence-electron chi connectivity index (χ4n) is 5.65. The second-order valence-electron chi connectivity index (χ2n) is 9.56. The minimum Gasteiger partial charge on any atom is -0.357 e. The molecule has 0 aromatic carbocycles. The van der Waals surface area contributed by atoms with Gasteiger partial charge in [-0.25, -0.2) is 0 Å². The minimum absolute atomic E-state index is 0.269. The Bertz CT molecular complexity index is 566. The van der Waals surface area contributed by atoms with E-state index < -0.39 is 0 Å². The molecule has 4 heterocycles. The molecule has 4 aliphatic heterocycles. The molecule has 1 atom stereocenters. The summed E-state index contributed by atoms with van der Waals surface area (Å²) in [6.45, 7) is 13.5. The standard InChI is InChI=1S/C23H42N6/c1-3-24-22(28-16-9-21(19-28)27-12-7-8-13-27)25-20-23(10-17-26(2)18-11-23)29-14-5-4-6-15-29/h7-8,21H,3-6,9-20H2,1-2H3,(H,24,25). The van der Waals surface area contributed by atoms with Gasteiger partial charge in [0.05, 0.1) is 6.54 Å². The molecule has 0 aromatic rings. The van der Waals surface area contributed by atoms with Crippen LogP contribution in [0.4, 0.5) is 0 Å². The van der Waals surface area contributed by atoms with Crippen LogP contribution in [0.25, 0.3) is 0 Å². The lowest BCUT2D eigenvalue weighted by atomic mass is 9.84. The molecule has 0 saturated carbocycles. The number of nitrogens with zero attached hydrogens (tertiary/aromatic N) is 5. The van der Waals surface area contributed by atoms with Crippen LogP contribution in [0, 0.1) is 0 Å². The van der Waals surface area contributed by atoms with Gasteiger partial charge in [-0.3, -0.25) is 14.8 Å². The van der Waals surface area contributed by atoms with Crippen molar-refractivity contribution in [1.29, 1.82) is 0 Å². The lowest BCUT2D eigenvalue weighted by Gasteiger charge is -2.49. The zero-order chi connectivity index (χ0) is 20.1. The van der Waals surface area contributed by atoms with Crippen LogP contribution in [-0.4, -0.2) is 110 Å². The van der Waals surface area contributed by atoms with Crippen molar-refractivity contribution < 1.29 is 0 Å². The molecular weight excluding hydrogens is 360 g/mol. The van der Waals surface area contributed by atoms with Crippen LogP contribution < -0.4 is 5.32 Å². The molecule has 1 unspecified atom stereocenters. The van der Waals surface area contributed by atoms with E-state index >= 15 is 0 Å². The molecule has 6 nitrogen and oxygen atoms in total. The van der Waals surface area contributed by atoms with Gasteiger partial charge in [-0.1, -0.05) is 18.6 Å². The van der Waals surface area contributed by atoms with Crippen molar-refractivity contribution in [1.82, 2.24) is 24.9 Å². The SMILES string of the molecule is CCNC(=NCC1(N2CCCCC2)CCN(C)CC1)N1CCC(N2CC=CC2)C1. The normalized spacial score (nSPS) is 29.7. The first-order valence-corrected chi connectivity index (χ1v) is 12.1. The van der Waals surface area contributed by atoms with E-state index in [0.29, 0.717) is 6.04 Å². The molecule has 4 aliphatic rings. The lowest BCUT2D eigenvalue weighted by Crippen LogP contribution is -2.58. The number of hydrogen-bond donors (Lipinski definition) is 1. The van der Waals surface area contributed by atoms with Gasteiger partial charge in [0.25, 0.3) is 0 Å². The summed E-state index contributed by atoms with van der Waals surface area (Å²) in [6.07, 6.45) is 12.5. The zero-order valence-corrected chi connectivity index (χ0v) is 18.8. The van der Waals surface area contributed by atoms with Crippen molar-refractivity contribution in [2.24, 2.45) is 4.99 Å². The number of aliphatic imine (C=N–C) groups is 1. The van der Waals surface area contributed by atoms with Crippen molar-refractivity contribution in [2.75, 3.05) is 72.5 Å². The molecule has 0 aliphatic carbocycles. The summed E-state index contributed by atoms with van der Waals surface area (Å²) in [7, 11) is 2.27. The van der Waals surface area contributed by atoms with Gasteiger partial charge in [0.1, 0.15) is 0 Å². The van der Waals surface area contributed by atoms with Gasteiger partial charge in [0.15, 0.2) is 5.96 Å². The first-order chi connectivity index (χ1) is 14.2. The van der Waals surface area contributed by atoms with Crippen LogP contribution in [-0.2, 0) is 0 Å². The smallest absolute Gasteiger partial charge is 0.194 e. The van der Waals surface area contributed by atoms with Gasteiger partial charge in [-0.05, 0) is 72.3 Å². The molecule has 1 N–H and O–H groups in total. The highest BCUT2D eigenvalue weighted by molar-refractivity contribution is 5.80. The highest BCUT2D eigenvalue weighted by Crippen LogP contribution is 2.32. The summed E-state index contributed by atoms with van der Waals surface area (Å²) in [5, 5.41) is 3.62. The van der Waals surface area contributed by atoms with Crippen LogP contribution in [0.15, 0.2) is 17.1 Å². The Morgan fingerprint density at radius 3 is 2.45 bits per heavy atom. The summed E-state index contributed by atoms with van der Waals surface area (Å²) in [4.78, 5) is 15.7. The third-order valence-corrected chi connectivity index (χ3v) is 7.63. The fourth-order valence-corrected chi connectivity index (χ4v) is 5.65. The highest BCUT2D eigenvalue weighted by Gasteiger charge is 2.40. The Hall–Kier alpha value is -1.11. The van der Waals surface area contributed by atoms with Crippen LogP contribution >= 0.6 is 0 Å². The van der Waals surface area contributed by atoms with Crippen molar-refractivity contribution in [3.63, 3.8) is 0 Å². The second kappa shape index (κ2) is 9.80. The van der Waals surface area contributed by atoms with Crippen LogP contribution in [0.5, 0.6) is 0 Å². The molecule has 164 valence electrons. The van der Waals surface area contributed by atoms with Crippen LogP contribution in [0.1, 0.15) is 45.4 Å². The summed E-state index contributed by atoms with van der Waals surface area (Å²) in [5.41, 5.74) is 0.269. The van der Waals surface area contributed by atoms with E-state index in [-0.39, 0.29) is 5.54 Å². The van der Waals surface area contributed by atoms with Gasteiger partial charge in [-0.2, -0.15) is 0 Å². The first-order valence-electron chi connectivity index (χ1n) is 12.1. The Kier molecular flexibility index (Phi) is 7.14. The summed E-state index contributed by atoms with van der Waals surface area (Å²) in [5.74, 6) is 1.15. The molecule has 0 amide bonds. The highest BCUT2D eigenvalue weighted by atomic mass is 15.4. The van der Waals surface area contributed by atoms with E-state index in [1.807, 2.05) is 0 Å². The molecule has 3 fully saturated rings. The molecular formula is C23H42N6. The first kappa shape index (κ1) is 21.1. The molecule has 29 heavy (non-hydrogen) atoms. The maximum Gasteiger partial charge on any atom is 0.194 e. The van der Waals surface area contributed by atoms with Gasteiger partial charge in [-0.15, -0.1) is 0 Å². The van der Waals surface area contributed by atoms with Crippen molar-refractivity contribution in [3.05, 3.63) is 12.2 Å². The average molecular weight is 403 g/mol. The molecule has 6 heteroatoms.